The van der Waals surface area contributed by atoms with E-state index < -0.39 is 84.4 Å². The van der Waals surface area contributed by atoms with Gasteiger partial charge in [-0.1, -0.05) is 11.3 Å². The topological polar surface area (TPSA) is 196 Å². The van der Waals surface area contributed by atoms with Gasteiger partial charge < -0.3 is 38.3 Å². The zero-order valence-electron chi connectivity index (χ0n) is 21.2. The van der Waals surface area contributed by atoms with E-state index in [0.29, 0.717) is 4.88 Å². The lowest BCUT2D eigenvalue weighted by atomic mass is 9.97. The van der Waals surface area contributed by atoms with E-state index in [-0.39, 0.29) is 5.00 Å². The number of ether oxygens (including phenoxy) is 7. The van der Waals surface area contributed by atoms with Crippen LogP contribution in [0.1, 0.15) is 38.7 Å². The Hall–Kier alpha value is -3.60. The van der Waals surface area contributed by atoms with Crippen molar-refractivity contribution in [2.45, 2.75) is 76.7 Å². The number of nitrogens with zero attached hydrogens (tertiary/aromatic N) is 1. The molecule has 0 radical (unpaired) electrons. The van der Waals surface area contributed by atoms with Gasteiger partial charge in [0.15, 0.2) is 30.7 Å². The molecule has 39 heavy (non-hydrogen) atoms. The maximum atomic E-state index is 12.0. The van der Waals surface area contributed by atoms with Crippen molar-refractivity contribution in [2.75, 3.05) is 6.61 Å². The van der Waals surface area contributed by atoms with Crippen LogP contribution in [0.15, 0.2) is 24.5 Å². The second-order valence-corrected chi connectivity index (χ2v) is 9.57. The summed E-state index contributed by atoms with van der Waals surface area (Å²) in [7, 11) is 0. The van der Waals surface area contributed by atoms with Crippen LogP contribution in [-0.2, 0) is 52.3 Å². The largest absolute Gasteiger partial charge is 0.490 e. The van der Waals surface area contributed by atoms with Crippen molar-refractivity contribution >= 4 is 40.2 Å². The average molecular weight is 574 g/mol. The summed E-state index contributed by atoms with van der Waals surface area (Å²) in [5, 5.41) is 21.7. The molecule has 1 saturated heterocycles. The lowest BCUT2D eigenvalue weighted by Gasteiger charge is -2.45. The smallest absolute Gasteiger partial charge is 0.324 e. The third-order valence-corrected chi connectivity index (χ3v) is 6.55. The summed E-state index contributed by atoms with van der Waals surface area (Å²) >= 11 is 0.795. The van der Waals surface area contributed by atoms with Gasteiger partial charge in [-0.15, -0.1) is 0 Å². The Morgan fingerprint density at radius 3 is 2.13 bits per heavy atom. The van der Waals surface area contributed by atoms with Gasteiger partial charge in [-0.05, 0) is 12.1 Å². The second kappa shape index (κ2) is 13.0. The number of hydrogen-bond acceptors (Lipinski definition) is 15. The van der Waals surface area contributed by atoms with E-state index in [4.69, 9.17) is 33.2 Å². The SMILES string of the molecule is CC(=O)OC[C@H]1O[C@@H](O[C@@H]2[C@H](O)C=CO[C@@H]2c2ccc([N+](=O)[O-])s2)[C@H](OC(C)=O)[C@@H](OC(C)=O)[C@@H]1OC(C)=O. The number of esters is 4. The standard InChI is InChI=1S/C23H27NO14S/c1-10(25)33-9-15-19(34-11(2)26)21(35-12(3)27)22(36-13(4)28)23(37-15)38-18-14(29)7-8-32-20(18)16-5-6-17(39-16)24(30)31/h5-8,14-15,18-23,29H,9H2,1-4H3/t14-,15-,18-,19-,20-,21+,22-,23+/m1/s1. The van der Waals surface area contributed by atoms with Gasteiger partial charge in [0.05, 0.1) is 16.1 Å². The number of aliphatic hydroxyl groups excluding tert-OH is 1. The molecule has 0 amide bonds. The van der Waals surface area contributed by atoms with Crippen LogP contribution in [0, 0.1) is 10.1 Å². The third-order valence-electron chi connectivity index (χ3n) is 5.45. The van der Waals surface area contributed by atoms with Crippen molar-refractivity contribution in [1.29, 1.82) is 0 Å². The summed E-state index contributed by atoms with van der Waals surface area (Å²) in [6, 6.07) is 2.70. The first-order valence-electron chi connectivity index (χ1n) is 11.6. The number of rotatable bonds is 9. The Kier molecular flexibility index (Phi) is 9.96. The predicted molar refractivity (Wildman–Crippen MR) is 127 cm³/mol. The Morgan fingerprint density at radius 2 is 1.56 bits per heavy atom. The molecule has 1 aromatic rings. The van der Waals surface area contributed by atoms with Crippen LogP contribution in [-0.4, -0.2) is 83.4 Å². The van der Waals surface area contributed by atoms with Gasteiger partial charge in [-0.2, -0.15) is 0 Å². The summed E-state index contributed by atoms with van der Waals surface area (Å²) in [5.41, 5.74) is 0. The number of carbonyl (C=O) groups excluding carboxylic acids is 4. The molecule has 3 rings (SSSR count). The molecule has 0 aromatic carbocycles. The fourth-order valence-electron chi connectivity index (χ4n) is 4.00. The minimum absolute atomic E-state index is 0.177. The van der Waals surface area contributed by atoms with E-state index in [2.05, 4.69) is 0 Å². The van der Waals surface area contributed by atoms with E-state index in [0.717, 1.165) is 39.0 Å². The molecular weight excluding hydrogens is 546 g/mol. The van der Waals surface area contributed by atoms with Gasteiger partial charge in [0.25, 0.3) is 0 Å². The average Bonchev–Trinajstić information content (AvgIpc) is 3.32. The van der Waals surface area contributed by atoms with Gasteiger partial charge in [0.1, 0.15) is 24.9 Å². The zero-order chi connectivity index (χ0) is 28.9. The fourth-order valence-corrected chi connectivity index (χ4v) is 4.90. The van der Waals surface area contributed by atoms with Crippen LogP contribution < -0.4 is 0 Å². The van der Waals surface area contributed by atoms with Crippen molar-refractivity contribution in [3.8, 4) is 0 Å². The Balaban J connectivity index is 2.00. The molecule has 1 aromatic heterocycles. The predicted octanol–water partition coefficient (Wildman–Crippen LogP) is 1.07. The second-order valence-electron chi connectivity index (χ2n) is 8.48. The van der Waals surface area contributed by atoms with E-state index in [1.54, 1.807) is 0 Å². The minimum Gasteiger partial charge on any atom is -0.490 e. The highest BCUT2D eigenvalue weighted by Gasteiger charge is 2.54. The molecule has 0 unspecified atom stereocenters. The van der Waals surface area contributed by atoms with Crippen LogP contribution in [0.3, 0.4) is 0 Å². The summed E-state index contributed by atoms with van der Waals surface area (Å²) in [4.78, 5) is 58.3. The van der Waals surface area contributed by atoms with E-state index in [1.807, 2.05) is 0 Å². The van der Waals surface area contributed by atoms with Gasteiger partial charge in [-0.3, -0.25) is 29.3 Å². The third kappa shape index (κ3) is 7.72. The molecule has 0 saturated carbocycles. The van der Waals surface area contributed by atoms with Gasteiger partial charge in [0, 0.05) is 33.8 Å². The van der Waals surface area contributed by atoms with Gasteiger partial charge in [0.2, 0.25) is 0 Å². The molecule has 0 spiro atoms. The molecule has 0 aliphatic carbocycles. The summed E-state index contributed by atoms with van der Waals surface area (Å²) in [5.74, 6) is -3.14. The molecule has 8 atom stereocenters. The van der Waals surface area contributed by atoms with Crippen molar-refractivity contribution in [2.24, 2.45) is 0 Å². The van der Waals surface area contributed by atoms with Crippen LogP contribution >= 0.6 is 11.3 Å². The number of carbonyl (C=O) groups is 4. The molecule has 15 nitrogen and oxygen atoms in total. The molecular formula is C23H27NO14S. The van der Waals surface area contributed by atoms with Crippen molar-refractivity contribution in [1.82, 2.24) is 0 Å². The summed E-state index contributed by atoms with van der Waals surface area (Å²) < 4.78 is 38.6. The highest BCUT2D eigenvalue weighted by atomic mass is 32.1. The molecule has 3 heterocycles. The Morgan fingerprint density at radius 1 is 0.949 bits per heavy atom. The van der Waals surface area contributed by atoms with Crippen molar-refractivity contribution in [3.05, 3.63) is 39.5 Å². The maximum Gasteiger partial charge on any atom is 0.324 e. The maximum absolute atomic E-state index is 12.0. The lowest BCUT2D eigenvalue weighted by Crippen LogP contribution is -2.64. The monoisotopic (exact) mass is 573 g/mol. The fraction of sp³-hybridized carbons (Fsp3) is 0.565. The van der Waals surface area contributed by atoms with E-state index in [1.165, 1.54) is 24.5 Å². The summed E-state index contributed by atoms with van der Waals surface area (Å²) in [6.45, 7) is 3.90. The first kappa shape index (κ1) is 29.9. The molecule has 1 fully saturated rings. The quantitative estimate of drug-likeness (QED) is 0.190. The van der Waals surface area contributed by atoms with E-state index in [9.17, 15) is 34.4 Å². The van der Waals surface area contributed by atoms with Crippen molar-refractivity contribution in [3.63, 3.8) is 0 Å². The van der Waals surface area contributed by atoms with Gasteiger partial charge in [-0.25, -0.2) is 0 Å². The Labute approximate surface area is 225 Å². The molecule has 1 N–H and O–H groups in total. The van der Waals surface area contributed by atoms with Crippen LogP contribution in [0.4, 0.5) is 5.00 Å². The first-order chi connectivity index (χ1) is 18.4. The highest BCUT2D eigenvalue weighted by Crippen LogP contribution is 2.39. The number of nitro groups is 1. The van der Waals surface area contributed by atoms with Crippen LogP contribution in [0.2, 0.25) is 0 Å². The summed E-state index contributed by atoms with van der Waals surface area (Å²) in [6.07, 6.45) is -8.44. The molecule has 16 heteroatoms. The van der Waals surface area contributed by atoms with Crippen LogP contribution in [0.5, 0.6) is 0 Å². The first-order valence-corrected chi connectivity index (χ1v) is 12.4. The molecule has 0 bridgehead atoms. The normalized spacial score (nSPS) is 30.0. The molecule has 2 aliphatic rings. The van der Waals surface area contributed by atoms with Gasteiger partial charge >= 0.3 is 28.9 Å². The highest BCUT2D eigenvalue weighted by molar-refractivity contribution is 7.15. The number of aliphatic hydroxyl groups is 1. The van der Waals surface area contributed by atoms with E-state index >= 15 is 0 Å². The molecule has 2 aliphatic heterocycles. The number of hydrogen-bond donors (Lipinski definition) is 1. The molecule has 214 valence electrons. The van der Waals surface area contributed by atoms with Crippen LogP contribution in [0.25, 0.3) is 0 Å². The zero-order valence-corrected chi connectivity index (χ0v) is 22.1. The lowest BCUT2D eigenvalue weighted by molar-refractivity contribution is -0.380. The number of thiophene rings is 1. The minimum atomic E-state index is -1.59. The Bertz CT molecular complexity index is 1120. The van der Waals surface area contributed by atoms with Crippen molar-refractivity contribution < 1.29 is 62.4 Å².